The highest BCUT2D eigenvalue weighted by Gasteiger charge is 2.13. The molecule has 21 heavy (non-hydrogen) atoms. The summed E-state index contributed by atoms with van der Waals surface area (Å²) in [5, 5.41) is 3.07. The Hall–Kier alpha value is -2.96. The van der Waals surface area contributed by atoms with Crippen LogP contribution >= 0.6 is 0 Å². The largest absolute Gasteiger partial charge is 0.486 e. The fraction of sp³-hybridized carbons (Fsp3) is 0.143. The third-order valence-electron chi connectivity index (χ3n) is 3.01. The van der Waals surface area contributed by atoms with E-state index in [1.54, 1.807) is 6.07 Å². The lowest BCUT2D eigenvalue weighted by Gasteiger charge is -2.19. The van der Waals surface area contributed by atoms with E-state index in [9.17, 15) is 4.79 Å². The first-order valence-corrected chi connectivity index (χ1v) is 6.35. The van der Waals surface area contributed by atoms with E-state index < -0.39 is 5.91 Å². The van der Waals surface area contributed by atoms with Gasteiger partial charge >= 0.3 is 0 Å². The number of amides is 1. The standard InChI is InChI=1S/C14H14N4O3/c15-10-7-17-13(6-9(10)14(16)19)18-8-1-2-11-12(5-8)21-4-3-20-11/h1-2,5-7H,3-4,15H2,(H2,16,19)(H,17,18). The zero-order valence-corrected chi connectivity index (χ0v) is 11.1. The van der Waals surface area contributed by atoms with Crippen molar-refractivity contribution >= 4 is 23.1 Å². The highest BCUT2D eigenvalue weighted by Crippen LogP contribution is 2.33. The Morgan fingerprint density at radius 1 is 1.19 bits per heavy atom. The number of nitrogen functional groups attached to an aromatic ring is 1. The second-order valence-corrected chi connectivity index (χ2v) is 4.50. The average Bonchev–Trinajstić information content (AvgIpc) is 2.49. The number of primary amides is 1. The second-order valence-electron chi connectivity index (χ2n) is 4.50. The van der Waals surface area contributed by atoms with Crippen LogP contribution in [0.15, 0.2) is 30.5 Å². The third kappa shape index (κ3) is 2.66. The van der Waals surface area contributed by atoms with Crippen LogP contribution in [0.4, 0.5) is 17.2 Å². The number of nitrogens with two attached hydrogens (primary N) is 2. The van der Waals surface area contributed by atoms with Crippen molar-refractivity contribution < 1.29 is 14.3 Å². The molecule has 1 aromatic carbocycles. The third-order valence-corrected chi connectivity index (χ3v) is 3.01. The zero-order chi connectivity index (χ0) is 14.8. The van der Waals surface area contributed by atoms with E-state index in [4.69, 9.17) is 20.9 Å². The molecule has 7 nitrogen and oxygen atoms in total. The molecule has 0 saturated heterocycles. The monoisotopic (exact) mass is 286 g/mol. The zero-order valence-electron chi connectivity index (χ0n) is 11.1. The van der Waals surface area contributed by atoms with Gasteiger partial charge in [0.15, 0.2) is 11.5 Å². The van der Waals surface area contributed by atoms with E-state index in [1.807, 2.05) is 12.1 Å². The summed E-state index contributed by atoms with van der Waals surface area (Å²) in [6, 6.07) is 6.95. The summed E-state index contributed by atoms with van der Waals surface area (Å²) in [6.07, 6.45) is 1.39. The van der Waals surface area contributed by atoms with Gasteiger partial charge in [-0.3, -0.25) is 4.79 Å². The molecule has 0 spiro atoms. The Labute approximate surface area is 120 Å². The SMILES string of the molecule is NC(=O)c1cc(Nc2ccc3c(c2)OCCO3)ncc1N. The van der Waals surface area contributed by atoms with Gasteiger partial charge in [0.25, 0.3) is 5.91 Å². The number of ether oxygens (including phenoxy) is 2. The van der Waals surface area contributed by atoms with Crippen molar-refractivity contribution in [2.24, 2.45) is 5.73 Å². The number of benzene rings is 1. The van der Waals surface area contributed by atoms with Gasteiger partial charge in [-0.1, -0.05) is 0 Å². The number of hydrogen-bond donors (Lipinski definition) is 3. The smallest absolute Gasteiger partial charge is 0.250 e. The van der Waals surface area contributed by atoms with Crippen LogP contribution in [0.3, 0.4) is 0 Å². The number of carbonyl (C=O) groups is 1. The lowest BCUT2D eigenvalue weighted by molar-refractivity contribution is 0.100. The molecule has 0 fully saturated rings. The Morgan fingerprint density at radius 3 is 2.71 bits per heavy atom. The highest BCUT2D eigenvalue weighted by atomic mass is 16.6. The summed E-state index contributed by atoms with van der Waals surface area (Å²) in [4.78, 5) is 15.4. The molecule has 0 atom stereocenters. The first kappa shape index (κ1) is 13.0. The van der Waals surface area contributed by atoms with Crippen molar-refractivity contribution in [3.63, 3.8) is 0 Å². The van der Waals surface area contributed by atoms with E-state index in [0.717, 1.165) is 5.69 Å². The highest BCUT2D eigenvalue weighted by molar-refractivity contribution is 5.98. The molecule has 2 heterocycles. The molecule has 7 heteroatoms. The molecule has 1 aliphatic rings. The molecule has 108 valence electrons. The summed E-state index contributed by atoms with van der Waals surface area (Å²) >= 11 is 0. The number of aromatic nitrogens is 1. The molecule has 0 saturated carbocycles. The summed E-state index contributed by atoms with van der Waals surface area (Å²) < 4.78 is 11.0. The van der Waals surface area contributed by atoms with Crippen LogP contribution < -0.4 is 26.3 Å². The maximum Gasteiger partial charge on any atom is 0.250 e. The second kappa shape index (κ2) is 5.20. The normalized spacial score (nSPS) is 12.8. The van der Waals surface area contributed by atoms with Gasteiger partial charge in [0.2, 0.25) is 0 Å². The van der Waals surface area contributed by atoms with E-state index in [0.29, 0.717) is 30.5 Å². The minimum absolute atomic E-state index is 0.227. The van der Waals surface area contributed by atoms with Gasteiger partial charge in [0, 0.05) is 11.8 Å². The molecule has 2 aromatic rings. The number of hydrogen-bond acceptors (Lipinski definition) is 6. The molecule has 1 aliphatic heterocycles. The Balaban J connectivity index is 1.86. The Morgan fingerprint density at radius 2 is 1.95 bits per heavy atom. The van der Waals surface area contributed by atoms with Crippen LogP contribution in [-0.4, -0.2) is 24.1 Å². The minimum atomic E-state index is -0.597. The van der Waals surface area contributed by atoms with Gasteiger partial charge in [-0.25, -0.2) is 4.98 Å². The van der Waals surface area contributed by atoms with Crippen LogP contribution in [-0.2, 0) is 0 Å². The molecule has 0 radical (unpaired) electrons. The van der Waals surface area contributed by atoms with Gasteiger partial charge in [-0.05, 0) is 18.2 Å². The maximum atomic E-state index is 11.3. The Bertz CT molecular complexity index is 703. The Kier molecular flexibility index (Phi) is 3.23. The van der Waals surface area contributed by atoms with E-state index >= 15 is 0 Å². The predicted molar refractivity (Wildman–Crippen MR) is 77.9 cm³/mol. The number of nitrogens with zero attached hydrogens (tertiary/aromatic N) is 1. The lowest BCUT2D eigenvalue weighted by Crippen LogP contribution is -2.15. The molecule has 1 amide bonds. The van der Waals surface area contributed by atoms with Crippen LogP contribution in [0.1, 0.15) is 10.4 Å². The fourth-order valence-corrected chi connectivity index (χ4v) is 2.02. The molecular formula is C14H14N4O3. The predicted octanol–water partition coefficient (Wildman–Crippen LogP) is 1.28. The molecule has 1 aromatic heterocycles. The summed E-state index contributed by atoms with van der Waals surface area (Å²) in [5.41, 5.74) is 12.1. The number of nitrogens with one attached hydrogen (secondary N) is 1. The fourth-order valence-electron chi connectivity index (χ4n) is 2.02. The van der Waals surface area contributed by atoms with Crippen molar-refractivity contribution in [3.05, 3.63) is 36.0 Å². The van der Waals surface area contributed by atoms with E-state index in [2.05, 4.69) is 10.3 Å². The summed E-state index contributed by atoms with van der Waals surface area (Å²) in [5.74, 6) is 1.24. The summed E-state index contributed by atoms with van der Waals surface area (Å²) in [6.45, 7) is 1.06. The van der Waals surface area contributed by atoms with Crippen LogP contribution in [0.2, 0.25) is 0 Å². The van der Waals surface area contributed by atoms with Gasteiger partial charge in [-0.15, -0.1) is 0 Å². The number of fused-ring (bicyclic) bond motifs is 1. The minimum Gasteiger partial charge on any atom is -0.486 e. The molecule has 0 bridgehead atoms. The first-order chi connectivity index (χ1) is 10.1. The van der Waals surface area contributed by atoms with Gasteiger partial charge in [-0.2, -0.15) is 0 Å². The van der Waals surface area contributed by atoms with Crippen molar-refractivity contribution in [1.29, 1.82) is 0 Å². The molecule has 3 rings (SSSR count). The molecular weight excluding hydrogens is 272 g/mol. The van der Waals surface area contributed by atoms with Crippen LogP contribution in [0.5, 0.6) is 11.5 Å². The molecule has 0 aliphatic carbocycles. The van der Waals surface area contributed by atoms with Crippen molar-refractivity contribution in [2.45, 2.75) is 0 Å². The molecule has 0 unspecified atom stereocenters. The quantitative estimate of drug-likeness (QED) is 0.783. The topological polar surface area (TPSA) is 112 Å². The van der Waals surface area contributed by atoms with Crippen molar-refractivity contribution in [3.8, 4) is 11.5 Å². The van der Waals surface area contributed by atoms with E-state index in [1.165, 1.54) is 12.3 Å². The van der Waals surface area contributed by atoms with Crippen molar-refractivity contribution in [2.75, 3.05) is 24.3 Å². The maximum absolute atomic E-state index is 11.3. The number of rotatable bonds is 3. The lowest BCUT2D eigenvalue weighted by atomic mass is 10.2. The average molecular weight is 286 g/mol. The summed E-state index contributed by atoms with van der Waals surface area (Å²) in [7, 11) is 0. The van der Waals surface area contributed by atoms with Crippen LogP contribution in [0, 0.1) is 0 Å². The van der Waals surface area contributed by atoms with Crippen LogP contribution in [0.25, 0.3) is 0 Å². The number of pyridine rings is 1. The number of anilines is 3. The van der Waals surface area contributed by atoms with Gasteiger partial charge in [0.05, 0.1) is 17.4 Å². The van der Waals surface area contributed by atoms with Crippen molar-refractivity contribution in [1.82, 2.24) is 4.98 Å². The molecule has 5 N–H and O–H groups in total. The van der Waals surface area contributed by atoms with Gasteiger partial charge in [0.1, 0.15) is 19.0 Å². The first-order valence-electron chi connectivity index (χ1n) is 6.35. The van der Waals surface area contributed by atoms with Gasteiger partial charge < -0.3 is 26.3 Å². The van der Waals surface area contributed by atoms with E-state index in [-0.39, 0.29) is 11.3 Å². The number of carbonyl (C=O) groups excluding carboxylic acids is 1.